The van der Waals surface area contributed by atoms with Gasteiger partial charge in [-0.25, -0.2) is 9.78 Å². The molecule has 33 heavy (non-hydrogen) atoms. The van der Waals surface area contributed by atoms with Gasteiger partial charge in [0.25, 0.3) is 0 Å². The van der Waals surface area contributed by atoms with Crippen molar-refractivity contribution < 1.29 is 9.52 Å². The monoisotopic (exact) mass is 462 g/mol. The minimum atomic E-state index is -0.442. The summed E-state index contributed by atoms with van der Waals surface area (Å²) in [7, 11) is 0. The maximum atomic E-state index is 13.0. The van der Waals surface area contributed by atoms with Gasteiger partial charge in [-0.05, 0) is 30.0 Å². The Kier molecular flexibility index (Phi) is 6.96. The average Bonchev–Trinajstić information content (AvgIpc) is 3.25. The summed E-state index contributed by atoms with van der Waals surface area (Å²) in [5.74, 6) is 1.13. The Balaban J connectivity index is 1.73. The number of aromatic hydroxyl groups is 1. The van der Waals surface area contributed by atoms with Gasteiger partial charge in [-0.3, -0.25) is 4.90 Å². The van der Waals surface area contributed by atoms with Crippen molar-refractivity contribution in [2.75, 3.05) is 13.1 Å². The second-order valence-electron chi connectivity index (χ2n) is 9.31. The Morgan fingerprint density at radius 2 is 1.73 bits per heavy atom. The Labute approximate surface area is 198 Å². The molecule has 0 fully saturated rings. The lowest BCUT2D eigenvalue weighted by Crippen LogP contribution is -2.31. The predicted octanol–water partition coefficient (Wildman–Crippen LogP) is 6.40. The first-order chi connectivity index (χ1) is 15.8. The first-order valence-corrected chi connectivity index (χ1v) is 12.2. The van der Waals surface area contributed by atoms with E-state index in [0.29, 0.717) is 40.1 Å². The van der Waals surface area contributed by atoms with Gasteiger partial charge in [-0.1, -0.05) is 58.0 Å². The highest BCUT2D eigenvalue weighted by Crippen LogP contribution is 2.32. The molecule has 0 atom stereocenters. The van der Waals surface area contributed by atoms with E-state index in [2.05, 4.69) is 37.6 Å². The van der Waals surface area contributed by atoms with Crippen LogP contribution in [0.4, 0.5) is 0 Å². The van der Waals surface area contributed by atoms with E-state index in [0.717, 1.165) is 29.7 Å². The SMILES string of the molecule is CC(C)CN(Cc1c(O)ccc2cc(-c3nc(-c4ccccc4)cs3)c(=O)oc12)CC(C)C. The molecule has 0 amide bonds. The van der Waals surface area contributed by atoms with Gasteiger partial charge in [0.15, 0.2) is 0 Å². The molecule has 2 aromatic heterocycles. The van der Waals surface area contributed by atoms with Crippen molar-refractivity contribution >= 4 is 22.3 Å². The number of rotatable bonds is 8. The topological polar surface area (TPSA) is 66.6 Å². The van der Waals surface area contributed by atoms with Crippen molar-refractivity contribution in [1.29, 1.82) is 0 Å². The molecule has 4 aromatic rings. The van der Waals surface area contributed by atoms with Crippen LogP contribution >= 0.6 is 11.3 Å². The molecule has 4 rings (SSSR count). The average molecular weight is 463 g/mol. The first-order valence-electron chi connectivity index (χ1n) is 11.3. The van der Waals surface area contributed by atoms with Crippen LogP contribution < -0.4 is 5.63 Å². The van der Waals surface area contributed by atoms with E-state index in [1.54, 1.807) is 12.1 Å². The summed E-state index contributed by atoms with van der Waals surface area (Å²) >= 11 is 1.42. The standard InChI is InChI=1S/C27H30N2O3S/c1-17(2)13-29(14-18(3)4)15-22-24(30)11-10-20-12-21(27(31)32-25(20)22)26-28-23(16-33-26)19-8-6-5-7-9-19/h5-12,16-18,30H,13-15H2,1-4H3. The number of phenolic OH excluding ortho intramolecular Hbond substituents is 1. The van der Waals surface area contributed by atoms with E-state index in [1.807, 2.05) is 41.8 Å². The highest BCUT2D eigenvalue weighted by molar-refractivity contribution is 7.13. The van der Waals surface area contributed by atoms with Gasteiger partial charge in [-0.2, -0.15) is 0 Å². The van der Waals surface area contributed by atoms with E-state index in [1.165, 1.54) is 11.3 Å². The van der Waals surface area contributed by atoms with Crippen LogP contribution in [0.15, 0.2) is 63.1 Å². The third kappa shape index (κ3) is 5.34. The van der Waals surface area contributed by atoms with Gasteiger partial charge in [0.05, 0.1) is 16.8 Å². The summed E-state index contributed by atoms with van der Waals surface area (Å²) in [6, 6.07) is 15.2. The number of fused-ring (bicyclic) bond motifs is 1. The summed E-state index contributed by atoms with van der Waals surface area (Å²) in [6.07, 6.45) is 0. The molecule has 5 nitrogen and oxygen atoms in total. The van der Waals surface area contributed by atoms with Gasteiger partial charge in [0.2, 0.25) is 0 Å². The van der Waals surface area contributed by atoms with Crippen molar-refractivity contribution in [2.45, 2.75) is 34.2 Å². The van der Waals surface area contributed by atoms with Crippen molar-refractivity contribution in [3.05, 3.63) is 69.9 Å². The van der Waals surface area contributed by atoms with Gasteiger partial charge >= 0.3 is 5.63 Å². The van der Waals surface area contributed by atoms with E-state index in [4.69, 9.17) is 4.42 Å². The molecule has 0 aliphatic rings. The van der Waals surface area contributed by atoms with E-state index in [-0.39, 0.29) is 5.75 Å². The lowest BCUT2D eigenvalue weighted by atomic mass is 10.1. The van der Waals surface area contributed by atoms with Crippen LogP contribution in [0.25, 0.3) is 32.8 Å². The largest absolute Gasteiger partial charge is 0.507 e. The van der Waals surface area contributed by atoms with Crippen molar-refractivity contribution in [2.24, 2.45) is 11.8 Å². The van der Waals surface area contributed by atoms with Crippen molar-refractivity contribution in [3.8, 4) is 27.6 Å². The maximum absolute atomic E-state index is 13.0. The lowest BCUT2D eigenvalue weighted by Gasteiger charge is -2.26. The molecule has 2 heterocycles. The van der Waals surface area contributed by atoms with Crippen LogP contribution in [0.3, 0.4) is 0 Å². The Bertz CT molecular complexity index is 1280. The molecule has 0 saturated carbocycles. The zero-order valence-electron chi connectivity index (χ0n) is 19.5. The van der Waals surface area contributed by atoms with Gasteiger partial charge in [-0.15, -0.1) is 11.3 Å². The third-order valence-corrected chi connectivity index (χ3v) is 6.29. The number of aromatic nitrogens is 1. The molecule has 0 saturated heterocycles. The second kappa shape index (κ2) is 9.89. The molecule has 0 unspecified atom stereocenters. The fourth-order valence-corrected chi connectivity index (χ4v) is 4.96. The van der Waals surface area contributed by atoms with E-state index >= 15 is 0 Å². The fourth-order valence-electron chi connectivity index (χ4n) is 4.13. The second-order valence-corrected chi connectivity index (χ2v) is 10.2. The third-order valence-electron chi connectivity index (χ3n) is 5.41. The molecule has 0 bridgehead atoms. The van der Waals surface area contributed by atoms with Gasteiger partial charge < -0.3 is 9.52 Å². The van der Waals surface area contributed by atoms with Crippen molar-refractivity contribution in [3.63, 3.8) is 0 Å². The van der Waals surface area contributed by atoms with Crippen LogP contribution in [0.2, 0.25) is 0 Å². The van der Waals surface area contributed by atoms with Crippen LogP contribution in [0.5, 0.6) is 5.75 Å². The van der Waals surface area contributed by atoms with Crippen LogP contribution in [-0.2, 0) is 6.54 Å². The fraction of sp³-hybridized carbons (Fsp3) is 0.333. The quantitative estimate of drug-likeness (QED) is 0.307. The minimum absolute atomic E-state index is 0.150. The number of nitrogens with zero attached hydrogens (tertiary/aromatic N) is 2. The normalized spacial score (nSPS) is 11.8. The molecule has 6 heteroatoms. The maximum Gasteiger partial charge on any atom is 0.346 e. The smallest absolute Gasteiger partial charge is 0.346 e. The van der Waals surface area contributed by atoms with Crippen LogP contribution in [0, 0.1) is 11.8 Å². The molecule has 0 aliphatic heterocycles. The van der Waals surface area contributed by atoms with Gasteiger partial charge in [0.1, 0.15) is 16.3 Å². The minimum Gasteiger partial charge on any atom is -0.507 e. The molecule has 172 valence electrons. The number of hydrogen-bond acceptors (Lipinski definition) is 6. The molecule has 1 N–H and O–H groups in total. The summed E-state index contributed by atoms with van der Waals surface area (Å²) in [4.78, 5) is 20.0. The molecule has 2 aromatic carbocycles. The van der Waals surface area contributed by atoms with E-state index < -0.39 is 5.63 Å². The zero-order valence-corrected chi connectivity index (χ0v) is 20.4. The molecular formula is C27H30N2O3S. The Hall–Kier alpha value is -2.96. The number of benzene rings is 2. The zero-order chi connectivity index (χ0) is 23.5. The predicted molar refractivity (Wildman–Crippen MR) is 136 cm³/mol. The van der Waals surface area contributed by atoms with Crippen LogP contribution in [0.1, 0.15) is 33.3 Å². The number of hydrogen-bond donors (Lipinski definition) is 1. The summed E-state index contributed by atoms with van der Waals surface area (Å²) < 4.78 is 5.81. The molecule has 0 spiro atoms. The number of phenols is 1. The van der Waals surface area contributed by atoms with E-state index in [9.17, 15) is 9.90 Å². The Morgan fingerprint density at radius 3 is 2.39 bits per heavy atom. The Morgan fingerprint density at radius 1 is 1.03 bits per heavy atom. The number of thiazole rings is 1. The first kappa shape index (κ1) is 23.2. The lowest BCUT2D eigenvalue weighted by molar-refractivity contribution is 0.209. The highest BCUT2D eigenvalue weighted by Gasteiger charge is 2.19. The summed E-state index contributed by atoms with van der Waals surface area (Å²) in [5.41, 5.74) is 2.94. The highest BCUT2D eigenvalue weighted by atomic mass is 32.1. The van der Waals surface area contributed by atoms with Crippen LogP contribution in [-0.4, -0.2) is 28.1 Å². The summed E-state index contributed by atoms with van der Waals surface area (Å²) in [5, 5.41) is 14.0. The van der Waals surface area contributed by atoms with Crippen molar-refractivity contribution in [1.82, 2.24) is 9.88 Å². The summed E-state index contributed by atoms with van der Waals surface area (Å²) in [6.45, 7) is 11.0. The molecule has 0 radical (unpaired) electrons. The molecule has 0 aliphatic carbocycles. The molecular weight excluding hydrogens is 432 g/mol. The van der Waals surface area contributed by atoms with Gasteiger partial charge in [0, 0.05) is 36.0 Å².